The van der Waals surface area contributed by atoms with Crippen molar-refractivity contribution in [2.24, 2.45) is 0 Å². The Morgan fingerprint density at radius 3 is 2.29 bits per heavy atom. The van der Waals surface area contributed by atoms with E-state index in [1.54, 1.807) is 12.4 Å². The highest BCUT2D eigenvalue weighted by Gasteiger charge is 2.16. The number of benzene rings is 1. The zero-order valence-corrected chi connectivity index (χ0v) is 11.6. The number of aromatic nitrogens is 1. The standard InChI is InChI=1S/C14H12INO/c1-10(11-6-8-16-9-7-11)14(17)12-2-4-13(15)5-3-12/h2-10H,1H3. The zero-order valence-electron chi connectivity index (χ0n) is 9.43. The van der Waals surface area contributed by atoms with Crippen LogP contribution in [0.4, 0.5) is 0 Å². The summed E-state index contributed by atoms with van der Waals surface area (Å²) in [6.07, 6.45) is 3.43. The lowest BCUT2D eigenvalue weighted by Gasteiger charge is -2.10. The average Bonchev–Trinajstić information content (AvgIpc) is 2.39. The van der Waals surface area contributed by atoms with E-state index in [0.717, 1.165) is 14.7 Å². The van der Waals surface area contributed by atoms with Crippen LogP contribution >= 0.6 is 22.6 Å². The Labute approximate surface area is 114 Å². The minimum Gasteiger partial charge on any atom is -0.294 e. The molecule has 2 aromatic rings. The summed E-state index contributed by atoms with van der Waals surface area (Å²) in [5.41, 5.74) is 1.76. The van der Waals surface area contributed by atoms with Crippen LogP contribution in [0.5, 0.6) is 0 Å². The van der Waals surface area contributed by atoms with Gasteiger partial charge in [0.2, 0.25) is 0 Å². The van der Waals surface area contributed by atoms with Crippen molar-refractivity contribution < 1.29 is 4.79 Å². The second-order valence-corrected chi connectivity index (χ2v) is 5.12. The molecule has 1 unspecified atom stereocenters. The number of carbonyl (C=O) groups is 1. The molecule has 0 amide bonds. The molecule has 1 aromatic carbocycles. The van der Waals surface area contributed by atoms with Crippen LogP contribution in [0.15, 0.2) is 48.8 Å². The highest BCUT2D eigenvalue weighted by atomic mass is 127. The molecule has 1 heterocycles. The predicted molar refractivity (Wildman–Crippen MR) is 76.1 cm³/mol. The molecule has 0 fully saturated rings. The summed E-state index contributed by atoms with van der Waals surface area (Å²) < 4.78 is 1.13. The number of pyridine rings is 1. The number of carbonyl (C=O) groups excluding carboxylic acids is 1. The fraction of sp³-hybridized carbons (Fsp3) is 0.143. The topological polar surface area (TPSA) is 30.0 Å². The van der Waals surface area contributed by atoms with Crippen molar-refractivity contribution >= 4 is 28.4 Å². The third-order valence-corrected chi connectivity index (χ3v) is 3.45. The van der Waals surface area contributed by atoms with Gasteiger partial charge in [0.1, 0.15) is 0 Å². The fourth-order valence-corrected chi connectivity index (χ4v) is 2.03. The van der Waals surface area contributed by atoms with Gasteiger partial charge in [-0.15, -0.1) is 0 Å². The predicted octanol–water partition coefficient (Wildman–Crippen LogP) is 3.67. The maximum Gasteiger partial charge on any atom is 0.170 e. The van der Waals surface area contributed by atoms with Gasteiger partial charge in [0.05, 0.1) is 0 Å². The summed E-state index contributed by atoms with van der Waals surface area (Å²) in [5.74, 6) is 0.0191. The van der Waals surface area contributed by atoms with Crippen LogP contribution in [0, 0.1) is 3.57 Å². The zero-order chi connectivity index (χ0) is 12.3. The molecular weight excluding hydrogens is 325 g/mol. The number of rotatable bonds is 3. The van der Waals surface area contributed by atoms with Gasteiger partial charge in [-0.1, -0.05) is 19.1 Å². The van der Waals surface area contributed by atoms with Gasteiger partial charge in [0.25, 0.3) is 0 Å². The summed E-state index contributed by atoms with van der Waals surface area (Å²) in [4.78, 5) is 16.2. The van der Waals surface area contributed by atoms with Crippen LogP contribution in [0.1, 0.15) is 28.8 Å². The molecule has 0 radical (unpaired) electrons. The van der Waals surface area contributed by atoms with Crippen LogP contribution in [0.2, 0.25) is 0 Å². The van der Waals surface area contributed by atoms with E-state index >= 15 is 0 Å². The number of halogens is 1. The number of nitrogens with zero attached hydrogens (tertiary/aromatic N) is 1. The van der Waals surface area contributed by atoms with Crippen molar-refractivity contribution in [3.63, 3.8) is 0 Å². The van der Waals surface area contributed by atoms with Crippen LogP contribution < -0.4 is 0 Å². The van der Waals surface area contributed by atoms with E-state index in [4.69, 9.17) is 0 Å². The second-order valence-electron chi connectivity index (χ2n) is 3.87. The first-order chi connectivity index (χ1) is 8.18. The van der Waals surface area contributed by atoms with E-state index in [1.807, 2.05) is 43.3 Å². The van der Waals surface area contributed by atoms with Crippen LogP contribution in [0.25, 0.3) is 0 Å². The van der Waals surface area contributed by atoms with E-state index in [0.29, 0.717) is 0 Å². The molecule has 2 nitrogen and oxygen atoms in total. The quantitative estimate of drug-likeness (QED) is 0.632. The van der Waals surface area contributed by atoms with Crippen molar-refractivity contribution in [3.8, 4) is 0 Å². The van der Waals surface area contributed by atoms with E-state index in [2.05, 4.69) is 27.6 Å². The number of ketones is 1. The molecule has 0 aliphatic heterocycles. The minimum absolute atomic E-state index is 0.127. The van der Waals surface area contributed by atoms with Crippen LogP contribution in [-0.4, -0.2) is 10.8 Å². The molecule has 1 aromatic heterocycles. The lowest BCUT2D eigenvalue weighted by Crippen LogP contribution is -2.09. The second kappa shape index (κ2) is 5.40. The fourth-order valence-electron chi connectivity index (χ4n) is 1.67. The first-order valence-corrected chi connectivity index (χ1v) is 6.46. The maximum absolute atomic E-state index is 12.2. The summed E-state index contributed by atoms with van der Waals surface area (Å²) in [6, 6.07) is 11.4. The van der Waals surface area contributed by atoms with Crippen molar-refractivity contribution in [2.75, 3.05) is 0 Å². The molecule has 3 heteroatoms. The largest absolute Gasteiger partial charge is 0.294 e. The Morgan fingerprint density at radius 2 is 1.71 bits per heavy atom. The van der Waals surface area contributed by atoms with Gasteiger partial charge in [-0.05, 0) is 52.4 Å². The third-order valence-electron chi connectivity index (χ3n) is 2.73. The highest BCUT2D eigenvalue weighted by molar-refractivity contribution is 14.1. The monoisotopic (exact) mass is 337 g/mol. The molecule has 0 bridgehead atoms. The first-order valence-electron chi connectivity index (χ1n) is 5.38. The molecule has 1 atom stereocenters. The van der Waals surface area contributed by atoms with Crippen LogP contribution in [-0.2, 0) is 0 Å². The first kappa shape index (κ1) is 12.2. The van der Waals surface area contributed by atoms with Gasteiger partial charge >= 0.3 is 0 Å². The SMILES string of the molecule is CC(C(=O)c1ccc(I)cc1)c1ccncc1. The Kier molecular flexibility index (Phi) is 3.89. The van der Waals surface area contributed by atoms with Gasteiger partial charge in [-0.25, -0.2) is 0 Å². The van der Waals surface area contributed by atoms with Crippen LogP contribution in [0.3, 0.4) is 0 Å². The van der Waals surface area contributed by atoms with Gasteiger partial charge < -0.3 is 0 Å². The average molecular weight is 337 g/mol. The molecule has 0 saturated heterocycles. The smallest absolute Gasteiger partial charge is 0.170 e. The molecule has 0 N–H and O–H groups in total. The Bertz CT molecular complexity index is 508. The number of hydrogen-bond acceptors (Lipinski definition) is 2. The van der Waals surface area contributed by atoms with E-state index in [1.165, 1.54) is 0 Å². The lowest BCUT2D eigenvalue weighted by atomic mass is 9.93. The molecule has 0 spiro atoms. The molecule has 0 aliphatic rings. The lowest BCUT2D eigenvalue weighted by molar-refractivity contribution is 0.0966. The number of Topliss-reactive ketones (excluding diaryl/α,β-unsaturated/α-hetero) is 1. The van der Waals surface area contributed by atoms with Crippen molar-refractivity contribution in [3.05, 3.63) is 63.5 Å². The molecule has 17 heavy (non-hydrogen) atoms. The van der Waals surface area contributed by atoms with Gasteiger partial charge in [-0.2, -0.15) is 0 Å². The van der Waals surface area contributed by atoms with Gasteiger partial charge in [-0.3, -0.25) is 9.78 Å². The summed E-state index contributed by atoms with van der Waals surface area (Å²) in [7, 11) is 0. The molecule has 86 valence electrons. The summed E-state index contributed by atoms with van der Waals surface area (Å²) in [5, 5.41) is 0. The normalized spacial score (nSPS) is 12.1. The molecule has 0 aliphatic carbocycles. The minimum atomic E-state index is -0.127. The Balaban J connectivity index is 2.23. The van der Waals surface area contributed by atoms with Gasteiger partial charge in [0.15, 0.2) is 5.78 Å². The highest BCUT2D eigenvalue weighted by Crippen LogP contribution is 2.20. The molecular formula is C14H12INO. The maximum atomic E-state index is 12.2. The van der Waals surface area contributed by atoms with E-state index in [-0.39, 0.29) is 11.7 Å². The number of hydrogen-bond donors (Lipinski definition) is 0. The van der Waals surface area contributed by atoms with Crippen molar-refractivity contribution in [1.82, 2.24) is 4.98 Å². The molecule has 0 saturated carbocycles. The van der Waals surface area contributed by atoms with Crippen molar-refractivity contribution in [1.29, 1.82) is 0 Å². The third kappa shape index (κ3) is 2.91. The Morgan fingerprint density at radius 1 is 1.12 bits per heavy atom. The van der Waals surface area contributed by atoms with Crippen molar-refractivity contribution in [2.45, 2.75) is 12.8 Å². The summed E-state index contributed by atoms with van der Waals surface area (Å²) >= 11 is 2.23. The van der Waals surface area contributed by atoms with Gasteiger partial charge in [0, 0.05) is 27.4 Å². The van der Waals surface area contributed by atoms with E-state index in [9.17, 15) is 4.79 Å². The Hall–Kier alpha value is -1.23. The summed E-state index contributed by atoms with van der Waals surface area (Å²) in [6.45, 7) is 1.93. The van der Waals surface area contributed by atoms with E-state index < -0.39 is 0 Å². The molecule has 2 rings (SSSR count).